The SMILES string of the molecule is Nc1ncnc2c1ccn2C1CC(CNC2CC(CCc3nc4cc(Cl)c(C(F)(F)F)cc4[nH]3)C2)CC1O. The summed E-state index contributed by atoms with van der Waals surface area (Å²) in [4.78, 5) is 15.9. The topological polar surface area (TPSA) is 118 Å². The molecule has 8 nitrogen and oxygen atoms in total. The van der Waals surface area contributed by atoms with Crippen LogP contribution in [0.15, 0.2) is 30.7 Å². The Morgan fingerprint density at radius 2 is 1.97 bits per heavy atom. The third-order valence-corrected chi connectivity index (χ3v) is 8.45. The van der Waals surface area contributed by atoms with E-state index in [1.807, 2.05) is 16.8 Å². The molecule has 0 amide bonds. The van der Waals surface area contributed by atoms with Gasteiger partial charge in [0, 0.05) is 18.7 Å². The summed E-state index contributed by atoms with van der Waals surface area (Å²) >= 11 is 5.81. The number of nitrogens with zero attached hydrogens (tertiary/aromatic N) is 4. The lowest BCUT2D eigenvalue weighted by molar-refractivity contribution is -0.137. The predicted octanol–water partition coefficient (Wildman–Crippen LogP) is 4.88. The number of fused-ring (bicyclic) bond motifs is 2. The van der Waals surface area contributed by atoms with Gasteiger partial charge in [-0.25, -0.2) is 15.0 Å². The van der Waals surface area contributed by atoms with Gasteiger partial charge in [0.2, 0.25) is 0 Å². The van der Waals surface area contributed by atoms with E-state index in [-0.39, 0.29) is 11.1 Å². The minimum atomic E-state index is -4.50. The first-order valence-electron chi connectivity index (χ1n) is 12.9. The smallest absolute Gasteiger partial charge is 0.391 e. The van der Waals surface area contributed by atoms with Crippen molar-refractivity contribution in [2.45, 2.75) is 62.9 Å². The Labute approximate surface area is 221 Å². The Hall–Kier alpha value is -2.89. The zero-order chi connectivity index (χ0) is 26.6. The number of H-pyrrole nitrogens is 1. The number of imidazole rings is 1. The number of nitrogen functional groups attached to an aromatic ring is 1. The Morgan fingerprint density at radius 3 is 2.76 bits per heavy atom. The predicted molar refractivity (Wildman–Crippen MR) is 139 cm³/mol. The molecule has 12 heteroatoms. The number of aliphatic hydroxyl groups excluding tert-OH is 1. The van der Waals surface area contributed by atoms with Gasteiger partial charge in [-0.05, 0) is 68.7 Å². The van der Waals surface area contributed by atoms with Gasteiger partial charge < -0.3 is 25.7 Å². The van der Waals surface area contributed by atoms with E-state index in [0.29, 0.717) is 47.0 Å². The van der Waals surface area contributed by atoms with Crippen LogP contribution in [0.4, 0.5) is 19.0 Å². The number of benzene rings is 1. The highest BCUT2D eigenvalue weighted by molar-refractivity contribution is 6.32. The highest BCUT2D eigenvalue weighted by Crippen LogP contribution is 2.39. The van der Waals surface area contributed by atoms with Crippen LogP contribution in [-0.4, -0.2) is 48.3 Å². The average molecular weight is 548 g/mol. The van der Waals surface area contributed by atoms with Gasteiger partial charge in [-0.1, -0.05) is 11.6 Å². The molecule has 0 radical (unpaired) electrons. The molecule has 4 aromatic rings. The Bertz CT molecular complexity index is 1460. The minimum Gasteiger partial charge on any atom is -0.391 e. The number of nitrogens with one attached hydrogen (secondary N) is 2. The second kappa shape index (κ2) is 9.69. The number of anilines is 1. The van der Waals surface area contributed by atoms with Crippen LogP contribution >= 0.6 is 11.6 Å². The molecular weight excluding hydrogens is 519 g/mol. The summed E-state index contributed by atoms with van der Waals surface area (Å²) in [5.41, 5.74) is 6.66. The summed E-state index contributed by atoms with van der Waals surface area (Å²) in [7, 11) is 0. The fraction of sp³-hybridized carbons (Fsp3) is 0.500. The first kappa shape index (κ1) is 25.4. The first-order valence-corrected chi connectivity index (χ1v) is 13.3. The van der Waals surface area contributed by atoms with E-state index >= 15 is 0 Å². The summed E-state index contributed by atoms with van der Waals surface area (Å²) in [6.45, 7) is 0.854. The molecule has 3 aromatic heterocycles. The number of hydrogen-bond donors (Lipinski definition) is 4. The van der Waals surface area contributed by atoms with E-state index in [4.69, 9.17) is 17.3 Å². The van der Waals surface area contributed by atoms with Gasteiger partial charge in [-0.15, -0.1) is 0 Å². The molecule has 6 rings (SSSR count). The van der Waals surface area contributed by atoms with E-state index in [1.165, 1.54) is 12.4 Å². The van der Waals surface area contributed by atoms with Crippen molar-refractivity contribution < 1.29 is 18.3 Å². The zero-order valence-corrected chi connectivity index (χ0v) is 21.3. The first-order chi connectivity index (χ1) is 18.2. The largest absolute Gasteiger partial charge is 0.417 e. The molecule has 0 bridgehead atoms. The number of halogens is 4. The average Bonchev–Trinajstić information content (AvgIpc) is 3.53. The maximum atomic E-state index is 13.1. The van der Waals surface area contributed by atoms with E-state index < -0.39 is 17.8 Å². The lowest BCUT2D eigenvalue weighted by Crippen LogP contribution is -2.43. The number of rotatable bonds is 7. The Balaban J connectivity index is 0.971. The van der Waals surface area contributed by atoms with E-state index in [2.05, 4.69) is 25.3 Å². The van der Waals surface area contributed by atoms with E-state index in [9.17, 15) is 18.3 Å². The maximum Gasteiger partial charge on any atom is 0.417 e. The molecule has 2 saturated carbocycles. The van der Waals surface area contributed by atoms with Crippen LogP contribution in [0.2, 0.25) is 5.02 Å². The van der Waals surface area contributed by atoms with Gasteiger partial charge >= 0.3 is 6.18 Å². The van der Waals surface area contributed by atoms with Gasteiger partial charge in [0.05, 0.1) is 39.2 Å². The van der Waals surface area contributed by atoms with Gasteiger partial charge in [0.25, 0.3) is 0 Å². The molecule has 0 spiro atoms. The number of aromatic amines is 1. The van der Waals surface area contributed by atoms with Crippen LogP contribution in [-0.2, 0) is 12.6 Å². The number of aryl methyl sites for hydroxylation is 1. The van der Waals surface area contributed by atoms with Crippen molar-refractivity contribution in [1.82, 2.24) is 29.8 Å². The molecule has 2 aliphatic carbocycles. The monoisotopic (exact) mass is 547 g/mol. The van der Waals surface area contributed by atoms with Crippen molar-refractivity contribution in [2.24, 2.45) is 11.8 Å². The molecule has 2 fully saturated rings. The molecule has 2 aliphatic rings. The molecule has 38 heavy (non-hydrogen) atoms. The molecule has 0 saturated heterocycles. The van der Waals surface area contributed by atoms with Crippen molar-refractivity contribution in [2.75, 3.05) is 12.3 Å². The van der Waals surface area contributed by atoms with Crippen LogP contribution in [0.25, 0.3) is 22.1 Å². The number of aromatic nitrogens is 5. The second-order valence-electron chi connectivity index (χ2n) is 10.7. The van der Waals surface area contributed by atoms with Crippen molar-refractivity contribution in [3.8, 4) is 0 Å². The molecule has 0 aliphatic heterocycles. The number of hydrogen-bond acceptors (Lipinski definition) is 6. The van der Waals surface area contributed by atoms with Gasteiger partial charge in [0.15, 0.2) is 0 Å². The molecule has 3 atom stereocenters. The van der Waals surface area contributed by atoms with Gasteiger partial charge in [-0.3, -0.25) is 0 Å². The van der Waals surface area contributed by atoms with Crippen LogP contribution < -0.4 is 11.1 Å². The van der Waals surface area contributed by atoms with Crippen molar-refractivity contribution in [3.05, 3.63) is 47.1 Å². The third kappa shape index (κ3) is 4.83. The van der Waals surface area contributed by atoms with Crippen molar-refractivity contribution in [1.29, 1.82) is 0 Å². The molecule has 1 aromatic carbocycles. The maximum absolute atomic E-state index is 13.1. The standard InChI is InChI=1S/C26H29ClF3N7O/c27-18-10-20-19(9-17(18)26(28,29)30)35-23(36-20)2-1-13-5-15(6-13)32-11-14-7-21(22(38)8-14)37-4-3-16-24(31)33-12-34-25(16)37/h3-4,9-10,12-15,21-22,32,38H,1-2,5-8,11H2,(H,35,36)(H2,31,33,34). The fourth-order valence-corrected chi connectivity index (χ4v) is 6.31. The lowest BCUT2D eigenvalue weighted by Gasteiger charge is -2.36. The summed E-state index contributed by atoms with van der Waals surface area (Å²) in [5, 5.41) is 14.9. The van der Waals surface area contributed by atoms with Gasteiger partial charge in [0.1, 0.15) is 23.6 Å². The molecular formula is C26H29ClF3N7O. The zero-order valence-electron chi connectivity index (χ0n) is 20.5. The fourth-order valence-electron chi connectivity index (χ4n) is 6.05. The molecule has 3 unspecified atom stereocenters. The normalized spacial score (nSPS) is 25.9. The molecule has 202 valence electrons. The molecule has 5 N–H and O–H groups in total. The highest BCUT2D eigenvalue weighted by atomic mass is 35.5. The Morgan fingerprint density at radius 1 is 1.16 bits per heavy atom. The number of alkyl halides is 3. The quantitative estimate of drug-likeness (QED) is 0.262. The Kier molecular flexibility index (Phi) is 6.48. The summed E-state index contributed by atoms with van der Waals surface area (Å²) in [6, 6.07) is 4.62. The minimum absolute atomic E-state index is 0.0337. The molecule has 3 heterocycles. The van der Waals surface area contributed by atoms with Crippen LogP contribution in [0.1, 0.15) is 49.5 Å². The summed E-state index contributed by atoms with van der Waals surface area (Å²) in [6.07, 6.45) is 3.77. The van der Waals surface area contributed by atoms with Crippen molar-refractivity contribution >= 4 is 39.5 Å². The second-order valence-corrected chi connectivity index (χ2v) is 11.1. The van der Waals surface area contributed by atoms with Crippen LogP contribution in [0, 0.1) is 11.8 Å². The highest BCUT2D eigenvalue weighted by Gasteiger charge is 2.37. The number of nitrogens with two attached hydrogens (primary N) is 1. The van der Waals surface area contributed by atoms with Crippen LogP contribution in [0.3, 0.4) is 0 Å². The number of aliphatic hydroxyl groups is 1. The lowest BCUT2D eigenvalue weighted by atomic mass is 9.77. The third-order valence-electron chi connectivity index (χ3n) is 8.14. The van der Waals surface area contributed by atoms with Crippen molar-refractivity contribution in [3.63, 3.8) is 0 Å². The van der Waals surface area contributed by atoms with E-state index in [1.54, 1.807) is 0 Å². The summed E-state index contributed by atoms with van der Waals surface area (Å²) < 4.78 is 41.4. The van der Waals surface area contributed by atoms with Gasteiger partial charge in [-0.2, -0.15) is 13.2 Å². The van der Waals surface area contributed by atoms with E-state index in [0.717, 1.165) is 55.7 Å². The van der Waals surface area contributed by atoms with Crippen LogP contribution in [0.5, 0.6) is 0 Å². The summed E-state index contributed by atoms with van der Waals surface area (Å²) in [5.74, 6) is 2.05.